The Morgan fingerprint density at radius 2 is 2.00 bits per heavy atom. The Labute approximate surface area is 118 Å². The van der Waals surface area contributed by atoms with Gasteiger partial charge in [0.25, 0.3) is 0 Å². The summed E-state index contributed by atoms with van der Waals surface area (Å²) in [6, 6.07) is 9.29. The van der Waals surface area contributed by atoms with Crippen molar-refractivity contribution in [2.24, 2.45) is 5.73 Å². The number of aryl methyl sites for hydroxylation is 2. The molecule has 3 rings (SSSR count). The molecule has 0 aliphatic carbocycles. The van der Waals surface area contributed by atoms with Gasteiger partial charge in [-0.1, -0.05) is 23.8 Å². The maximum Gasteiger partial charge on any atom is 0.131 e. The number of hydrogen-bond donors (Lipinski definition) is 1. The van der Waals surface area contributed by atoms with Crippen LogP contribution in [0.2, 0.25) is 0 Å². The van der Waals surface area contributed by atoms with Crippen LogP contribution in [0.3, 0.4) is 0 Å². The third-order valence-electron chi connectivity index (χ3n) is 3.81. The summed E-state index contributed by atoms with van der Waals surface area (Å²) in [5.74, 6) is 0.566. The number of halogens is 1. The molecule has 0 radical (unpaired) electrons. The molecule has 0 aromatic heterocycles. The fourth-order valence-corrected chi connectivity index (χ4v) is 2.75. The van der Waals surface area contributed by atoms with Crippen LogP contribution < -0.4 is 10.5 Å². The number of hydrogen-bond acceptors (Lipinski definition) is 2. The van der Waals surface area contributed by atoms with Crippen LogP contribution in [0.5, 0.6) is 5.75 Å². The largest absolute Gasteiger partial charge is 0.488 e. The molecule has 0 unspecified atom stereocenters. The van der Waals surface area contributed by atoms with Crippen molar-refractivity contribution in [3.8, 4) is 16.9 Å². The lowest BCUT2D eigenvalue weighted by Gasteiger charge is -2.13. The van der Waals surface area contributed by atoms with Gasteiger partial charge in [0, 0.05) is 24.1 Å². The average molecular weight is 271 g/mol. The first-order chi connectivity index (χ1) is 9.58. The van der Waals surface area contributed by atoms with Gasteiger partial charge in [-0.15, -0.1) is 0 Å². The lowest BCUT2D eigenvalue weighted by molar-refractivity contribution is 0.242. The summed E-state index contributed by atoms with van der Waals surface area (Å²) in [5, 5.41) is 0. The Bertz CT molecular complexity index is 666. The van der Waals surface area contributed by atoms with Gasteiger partial charge in [0.15, 0.2) is 0 Å². The minimum atomic E-state index is -0.221. The summed E-state index contributed by atoms with van der Waals surface area (Å²) in [7, 11) is 0. The zero-order chi connectivity index (χ0) is 14.3. The van der Waals surface area contributed by atoms with Gasteiger partial charge in [0.2, 0.25) is 0 Å². The summed E-state index contributed by atoms with van der Waals surface area (Å²) < 4.78 is 19.8. The highest BCUT2D eigenvalue weighted by atomic mass is 19.1. The fourth-order valence-electron chi connectivity index (χ4n) is 2.75. The standard InChI is InChI=1S/C17H18FNO/c1-10-3-4-11(2)15(5-10)16-8-13(18)6-12-7-14(9-19)20-17(12)16/h3-6,8,14H,7,9,19H2,1-2H3/t14-/m0/s1. The summed E-state index contributed by atoms with van der Waals surface area (Å²) in [6.07, 6.45) is 0.636. The fraction of sp³-hybridized carbons (Fsp3) is 0.294. The maximum absolute atomic E-state index is 13.9. The molecule has 1 aliphatic rings. The summed E-state index contributed by atoms with van der Waals surface area (Å²) >= 11 is 0. The zero-order valence-corrected chi connectivity index (χ0v) is 11.7. The Morgan fingerprint density at radius 3 is 2.75 bits per heavy atom. The SMILES string of the molecule is Cc1ccc(C)c(-c2cc(F)cc3c2O[C@H](CN)C3)c1. The number of benzene rings is 2. The Morgan fingerprint density at radius 1 is 1.20 bits per heavy atom. The van der Waals surface area contributed by atoms with Crippen molar-refractivity contribution in [2.75, 3.05) is 6.54 Å². The predicted octanol–water partition coefficient (Wildman–Crippen LogP) is 3.37. The van der Waals surface area contributed by atoms with Crippen LogP contribution in [0, 0.1) is 19.7 Å². The molecule has 2 N–H and O–H groups in total. The molecule has 3 heteroatoms. The number of ether oxygens (including phenoxy) is 1. The molecular weight excluding hydrogens is 253 g/mol. The Kier molecular flexibility index (Phi) is 3.22. The topological polar surface area (TPSA) is 35.2 Å². The van der Waals surface area contributed by atoms with Gasteiger partial charge in [-0.3, -0.25) is 0 Å². The third-order valence-corrected chi connectivity index (χ3v) is 3.81. The molecule has 0 spiro atoms. The lowest BCUT2D eigenvalue weighted by Crippen LogP contribution is -2.24. The van der Waals surface area contributed by atoms with Crippen molar-refractivity contribution >= 4 is 0 Å². The van der Waals surface area contributed by atoms with Gasteiger partial charge < -0.3 is 10.5 Å². The van der Waals surface area contributed by atoms with Crippen LogP contribution in [0.1, 0.15) is 16.7 Å². The molecular formula is C17H18FNO. The maximum atomic E-state index is 13.9. The van der Waals surface area contributed by atoms with Crippen LogP contribution >= 0.6 is 0 Å². The van der Waals surface area contributed by atoms with Gasteiger partial charge in [-0.25, -0.2) is 4.39 Å². The summed E-state index contributed by atoms with van der Waals surface area (Å²) in [6.45, 7) is 4.51. The molecule has 2 aromatic carbocycles. The van der Waals surface area contributed by atoms with Gasteiger partial charge in [-0.2, -0.15) is 0 Å². The van der Waals surface area contributed by atoms with Crippen LogP contribution in [-0.2, 0) is 6.42 Å². The van der Waals surface area contributed by atoms with E-state index in [-0.39, 0.29) is 11.9 Å². The predicted molar refractivity (Wildman–Crippen MR) is 78.5 cm³/mol. The van der Waals surface area contributed by atoms with E-state index in [1.807, 2.05) is 13.8 Å². The minimum absolute atomic E-state index is 0.0457. The van der Waals surface area contributed by atoms with E-state index in [1.165, 1.54) is 0 Å². The molecule has 2 aromatic rings. The van der Waals surface area contributed by atoms with Crippen LogP contribution in [0.4, 0.5) is 4.39 Å². The molecule has 1 aliphatic heterocycles. The summed E-state index contributed by atoms with van der Waals surface area (Å²) in [5.41, 5.74) is 10.7. The van der Waals surface area contributed by atoms with E-state index in [0.29, 0.717) is 13.0 Å². The summed E-state index contributed by atoms with van der Waals surface area (Å²) in [4.78, 5) is 0. The zero-order valence-electron chi connectivity index (χ0n) is 11.7. The molecule has 0 saturated carbocycles. The Hall–Kier alpha value is -1.87. The number of fused-ring (bicyclic) bond motifs is 1. The molecule has 0 saturated heterocycles. The van der Waals surface area contributed by atoms with Crippen molar-refractivity contribution in [3.63, 3.8) is 0 Å². The van der Waals surface area contributed by atoms with Crippen molar-refractivity contribution in [1.29, 1.82) is 0 Å². The van der Waals surface area contributed by atoms with E-state index < -0.39 is 0 Å². The molecule has 0 bridgehead atoms. The van der Waals surface area contributed by atoms with Gasteiger partial charge in [-0.05, 0) is 37.1 Å². The van der Waals surface area contributed by atoms with Gasteiger partial charge in [0.1, 0.15) is 17.7 Å². The highest BCUT2D eigenvalue weighted by Gasteiger charge is 2.26. The van der Waals surface area contributed by atoms with Crippen LogP contribution in [0.25, 0.3) is 11.1 Å². The van der Waals surface area contributed by atoms with E-state index in [9.17, 15) is 4.39 Å². The third kappa shape index (κ3) is 2.18. The molecule has 2 nitrogen and oxygen atoms in total. The average Bonchev–Trinajstić information content (AvgIpc) is 2.83. The highest BCUT2D eigenvalue weighted by Crippen LogP contribution is 2.40. The smallest absolute Gasteiger partial charge is 0.131 e. The van der Waals surface area contributed by atoms with Gasteiger partial charge >= 0.3 is 0 Å². The first-order valence-corrected chi connectivity index (χ1v) is 6.85. The normalized spacial score (nSPS) is 16.9. The molecule has 0 fully saturated rings. The second-order valence-electron chi connectivity index (χ2n) is 5.44. The molecule has 1 heterocycles. The first-order valence-electron chi connectivity index (χ1n) is 6.85. The van der Waals surface area contributed by atoms with E-state index in [0.717, 1.165) is 33.6 Å². The number of nitrogens with two attached hydrogens (primary N) is 1. The van der Waals surface area contributed by atoms with Crippen molar-refractivity contribution in [3.05, 3.63) is 52.8 Å². The van der Waals surface area contributed by atoms with Crippen LogP contribution in [0.15, 0.2) is 30.3 Å². The minimum Gasteiger partial charge on any atom is -0.488 e. The second kappa shape index (κ2) is 4.91. The molecule has 104 valence electrons. The van der Waals surface area contributed by atoms with Crippen molar-refractivity contribution in [2.45, 2.75) is 26.4 Å². The Balaban J connectivity index is 2.18. The quantitative estimate of drug-likeness (QED) is 0.909. The lowest BCUT2D eigenvalue weighted by atomic mass is 9.95. The molecule has 20 heavy (non-hydrogen) atoms. The van der Waals surface area contributed by atoms with E-state index in [4.69, 9.17) is 10.5 Å². The highest BCUT2D eigenvalue weighted by molar-refractivity contribution is 5.76. The van der Waals surface area contributed by atoms with E-state index in [2.05, 4.69) is 18.2 Å². The second-order valence-corrected chi connectivity index (χ2v) is 5.44. The van der Waals surface area contributed by atoms with Crippen molar-refractivity contribution in [1.82, 2.24) is 0 Å². The van der Waals surface area contributed by atoms with E-state index in [1.54, 1.807) is 12.1 Å². The first kappa shape index (κ1) is 13.1. The van der Waals surface area contributed by atoms with Crippen LogP contribution in [-0.4, -0.2) is 12.6 Å². The van der Waals surface area contributed by atoms with E-state index >= 15 is 0 Å². The van der Waals surface area contributed by atoms with Gasteiger partial charge in [0.05, 0.1) is 0 Å². The molecule has 0 amide bonds. The number of rotatable bonds is 2. The molecule has 1 atom stereocenters. The monoisotopic (exact) mass is 271 g/mol. The van der Waals surface area contributed by atoms with Crippen molar-refractivity contribution < 1.29 is 9.13 Å².